The minimum absolute atomic E-state index is 1.11. The second-order valence-electron chi connectivity index (χ2n) is 14.5. The maximum Gasteiger partial charge on any atom is 0.0476 e. The molecule has 0 unspecified atom stereocenters. The number of thiophene rings is 2. The predicted molar refractivity (Wildman–Crippen MR) is 249 cm³/mol. The van der Waals surface area contributed by atoms with E-state index in [1.54, 1.807) is 0 Å². The van der Waals surface area contributed by atoms with Gasteiger partial charge < -0.3 is 4.90 Å². The Morgan fingerprint density at radius 1 is 0.263 bits per heavy atom. The van der Waals surface area contributed by atoms with E-state index in [2.05, 4.69) is 217 Å². The van der Waals surface area contributed by atoms with E-state index in [0.29, 0.717) is 0 Å². The first kappa shape index (κ1) is 33.5. The SMILES string of the molecule is c1ccc(-c2ccc(-c3ccc(N(c4ccc(-c5ccccc5)c(-c5cccc6c5sc5ccccc56)c4)c4ccc5c(c4)sc4ccccc45)cc3)cc2)cc1. The van der Waals surface area contributed by atoms with Crippen molar-refractivity contribution in [2.75, 3.05) is 4.90 Å². The second kappa shape index (κ2) is 14.1. The van der Waals surface area contributed by atoms with Crippen LogP contribution in [0.1, 0.15) is 0 Å². The van der Waals surface area contributed by atoms with Gasteiger partial charge in [-0.2, -0.15) is 0 Å². The Morgan fingerprint density at radius 3 is 1.46 bits per heavy atom. The van der Waals surface area contributed by atoms with Gasteiger partial charge in [-0.05, 0) is 87.5 Å². The first-order valence-corrected chi connectivity index (χ1v) is 21.0. The van der Waals surface area contributed by atoms with E-state index in [-0.39, 0.29) is 0 Å². The quantitative estimate of drug-likeness (QED) is 0.156. The molecule has 268 valence electrons. The summed E-state index contributed by atoms with van der Waals surface area (Å²) >= 11 is 3.74. The molecule has 0 aliphatic heterocycles. The fourth-order valence-electron chi connectivity index (χ4n) is 8.31. The van der Waals surface area contributed by atoms with E-state index >= 15 is 0 Å². The Labute approximate surface area is 340 Å². The number of anilines is 3. The summed E-state index contributed by atoms with van der Waals surface area (Å²) in [5.74, 6) is 0. The van der Waals surface area contributed by atoms with Crippen LogP contribution in [-0.2, 0) is 0 Å². The van der Waals surface area contributed by atoms with Gasteiger partial charge >= 0.3 is 0 Å². The molecule has 2 heterocycles. The van der Waals surface area contributed by atoms with E-state index in [1.807, 2.05) is 22.7 Å². The lowest BCUT2D eigenvalue weighted by molar-refractivity contribution is 1.29. The van der Waals surface area contributed by atoms with Crippen LogP contribution in [0.2, 0.25) is 0 Å². The molecule has 0 atom stereocenters. The van der Waals surface area contributed by atoms with Gasteiger partial charge in [0.15, 0.2) is 0 Å². The van der Waals surface area contributed by atoms with Crippen LogP contribution in [-0.4, -0.2) is 0 Å². The molecule has 0 bridgehead atoms. The van der Waals surface area contributed by atoms with Crippen molar-refractivity contribution in [2.45, 2.75) is 0 Å². The van der Waals surface area contributed by atoms with Crippen LogP contribution < -0.4 is 4.90 Å². The number of hydrogen-bond acceptors (Lipinski definition) is 3. The summed E-state index contributed by atoms with van der Waals surface area (Å²) in [4.78, 5) is 2.43. The average Bonchev–Trinajstić information content (AvgIpc) is 3.86. The van der Waals surface area contributed by atoms with Gasteiger partial charge in [-0.3, -0.25) is 0 Å². The molecule has 0 saturated carbocycles. The lowest BCUT2D eigenvalue weighted by atomic mass is 9.92. The molecule has 0 saturated heterocycles. The number of rotatable bonds is 7. The summed E-state index contributed by atoms with van der Waals surface area (Å²) < 4.78 is 5.22. The van der Waals surface area contributed by atoms with Crippen molar-refractivity contribution in [3.8, 4) is 44.5 Å². The van der Waals surface area contributed by atoms with Gasteiger partial charge in [-0.15, -0.1) is 22.7 Å². The normalized spacial score (nSPS) is 11.5. The summed E-state index contributed by atoms with van der Waals surface area (Å²) in [5, 5.41) is 5.22. The molecule has 0 aliphatic carbocycles. The highest BCUT2D eigenvalue weighted by Gasteiger charge is 2.20. The molecular weight excluding hydrogens is 727 g/mol. The number of nitrogens with zero attached hydrogens (tertiary/aromatic N) is 1. The van der Waals surface area contributed by atoms with Gasteiger partial charge in [0.25, 0.3) is 0 Å². The third-order valence-corrected chi connectivity index (χ3v) is 13.5. The lowest BCUT2D eigenvalue weighted by Gasteiger charge is -2.27. The standard InChI is InChI=1S/C54H35NS2/c1-3-12-36(13-4-1)37-22-24-38(25-23-37)39-26-28-41(29-27-39)55(43-31-33-47-45-16-7-9-20-51(45)56-53(47)35-43)42-30-32-44(40-14-5-2-6-15-40)50(34-42)49-19-11-18-48-46-17-8-10-21-52(46)57-54(48)49/h1-35H. The largest absolute Gasteiger partial charge is 0.310 e. The topological polar surface area (TPSA) is 3.24 Å². The van der Waals surface area contributed by atoms with Crippen LogP contribution in [0.5, 0.6) is 0 Å². The summed E-state index contributed by atoms with van der Waals surface area (Å²) in [7, 11) is 0. The van der Waals surface area contributed by atoms with Gasteiger partial charge in [0, 0.05) is 63.0 Å². The Morgan fingerprint density at radius 2 is 0.754 bits per heavy atom. The zero-order chi connectivity index (χ0) is 37.7. The van der Waals surface area contributed by atoms with Crippen LogP contribution in [0.3, 0.4) is 0 Å². The third kappa shape index (κ3) is 6.00. The molecule has 0 N–H and O–H groups in total. The number of fused-ring (bicyclic) bond motifs is 6. The summed E-state index contributed by atoms with van der Waals surface area (Å²) in [6, 6.07) is 77.6. The highest BCUT2D eigenvalue weighted by atomic mass is 32.1. The van der Waals surface area contributed by atoms with Crippen molar-refractivity contribution in [1.29, 1.82) is 0 Å². The predicted octanol–water partition coefficient (Wildman–Crippen LogP) is 16.6. The van der Waals surface area contributed by atoms with Crippen molar-refractivity contribution in [1.82, 2.24) is 0 Å². The van der Waals surface area contributed by atoms with Crippen molar-refractivity contribution >= 4 is 80.1 Å². The fraction of sp³-hybridized carbons (Fsp3) is 0. The average molecular weight is 762 g/mol. The second-order valence-corrected chi connectivity index (χ2v) is 16.6. The van der Waals surface area contributed by atoms with Crippen LogP contribution in [0.15, 0.2) is 212 Å². The zero-order valence-corrected chi connectivity index (χ0v) is 32.6. The first-order valence-electron chi connectivity index (χ1n) is 19.3. The van der Waals surface area contributed by atoms with Gasteiger partial charge in [0.2, 0.25) is 0 Å². The summed E-state index contributed by atoms with van der Waals surface area (Å²) in [5.41, 5.74) is 13.1. The monoisotopic (exact) mass is 761 g/mol. The van der Waals surface area contributed by atoms with Gasteiger partial charge in [-0.25, -0.2) is 0 Å². The van der Waals surface area contributed by atoms with Crippen molar-refractivity contribution in [3.63, 3.8) is 0 Å². The van der Waals surface area contributed by atoms with Crippen LogP contribution in [0.4, 0.5) is 17.1 Å². The summed E-state index contributed by atoms with van der Waals surface area (Å²) in [6.45, 7) is 0. The van der Waals surface area contributed by atoms with Gasteiger partial charge in [-0.1, -0.05) is 164 Å². The molecule has 0 radical (unpaired) electrons. The van der Waals surface area contributed by atoms with Gasteiger partial charge in [0.1, 0.15) is 0 Å². The van der Waals surface area contributed by atoms with E-state index in [1.165, 1.54) is 84.9 Å². The highest BCUT2D eigenvalue weighted by molar-refractivity contribution is 7.26. The van der Waals surface area contributed by atoms with E-state index in [4.69, 9.17) is 0 Å². The Bertz CT molecular complexity index is 3210. The maximum atomic E-state index is 2.43. The molecule has 0 fully saturated rings. The first-order chi connectivity index (χ1) is 28.2. The maximum absolute atomic E-state index is 2.43. The van der Waals surface area contributed by atoms with Crippen LogP contribution >= 0.6 is 22.7 Å². The molecule has 11 aromatic rings. The third-order valence-electron chi connectivity index (χ3n) is 11.1. The van der Waals surface area contributed by atoms with Crippen LogP contribution in [0, 0.1) is 0 Å². The minimum Gasteiger partial charge on any atom is -0.310 e. The van der Waals surface area contributed by atoms with E-state index < -0.39 is 0 Å². The Kier molecular flexibility index (Phi) is 8.28. The van der Waals surface area contributed by atoms with Gasteiger partial charge in [0.05, 0.1) is 0 Å². The van der Waals surface area contributed by atoms with E-state index in [9.17, 15) is 0 Å². The Hall–Kier alpha value is -6.78. The molecule has 3 heteroatoms. The number of hydrogen-bond donors (Lipinski definition) is 0. The van der Waals surface area contributed by atoms with E-state index in [0.717, 1.165) is 17.1 Å². The molecule has 0 amide bonds. The van der Waals surface area contributed by atoms with Crippen molar-refractivity contribution in [3.05, 3.63) is 212 Å². The number of benzene rings is 9. The molecular formula is C54H35NS2. The molecule has 9 aromatic carbocycles. The van der Waals surface area contributed by atoms with Crippen molar-refractivity contribution in [2.24, 2.45) is 0 Å². The molecule has 11 rings (SSSR count). The minimum atomic E-state index is 1.11. The zero-order valence-electron chi connectivity index (χ0n) is 31.0. The van der Waals surface area contributed by atoms with Crippen molar-refractivity contribution < 1.29 is 0 Å². The van der Waals surface area contributed by atoms with Crippen LogP contribution in [0.25, 0.3) is 84.9 Å². The molecule has 2 aromatic heterocycles. The molecule has 0 spiro atoms. The fourth-order valence-corrected chi connectivity index (χ4v) is 10.7. The highest BCUT2D eigenvalue weighted by Crippen LogP contribution is 2.47. The summed E-state index contributed by atoms with van der Waals surface area (Å²) in [6.07, 6.45) is 0. The molecule has 1 nitrogen and oxygen atoms in total. The molecule has 0 aliphatic rings. The molecule has 57 heavy (non-hydrogen) atoms. The Balaban J connectivity index is 1.08. The smallest absolute Gasteiger partial charge is 0.0476 e. The lowest BCUT2D eigenvalue weighted by Crippen LogP contribution is -2.10.